The van der Waals surface area contributed by atoms with E-state index in [0.717, 1.165) is 0 Å². The second kappa shape index (κ2) is 10.1. The van der Waals surface area contributed by atoms with Gasteiger partial charge in [-0.1, -0.05) is 35.0 Å². The Kier molecular flexibility index (Phi) is 7.53. The molecule has 0 unspecified atom stereocenters. The third-order valence-corrected chi connectivity index (χ3v) is 5.81. The van der Waals surface area contributed by atoms with Gasteiger partial charge in [0.15, 0.2) is 11.0 Å². The van der Waals surface area contributed by atoms with Gasteiger partial charge in [-0.15, -0.1) is 10.2 Å². The van der Waals surface area contributed by atoms with E-state index in [1.807, 2.05) is 0 Å². The van der Waals surface area contributed by atoms with Gasteiger partial charge in [0, 0.05) is 23.3 Å². The third-order valence-electron chi connectivity index (χ3n) is 4.25. The molecule has 2 N–H and O–H groups in total. The Labute approximate surface area is 192 Å². The first-order valence-corrected chi connectivity index (χ1v) is 10.8. The van der Waals surface area contributed by atoms with E-state index in [0.29, 0.717) is 27.3 Å². The lowest BCUT2D eigenvalue weighted by molar-refractivity contribution is -0.113. The Morgan fingerprint density at radius 2 is 1.87 bits per heavy atom. The highest BCUT2D eigenvalue weighted by Crippen LogP contribution is 2.22. The summed E-state index contributed by atoms with van der Waals surface area (Å²) >= 11 is 12.7. The second-order valence-electron chi connectivity index (χ2n) is 6.57. The third kappa shape index (κ3) is 5.96. The maximum absolute atomic E-state index is 13.2. The minimum absolute atomic E-state index is 0.0620. The number of hydrogen-bond acceptors (Lipinski definition) is 5. The monoisotopic (exact) mass is 481 g/mol. The van der Waals surface area contributed by atoms with Gasteiger partial charge >= 0.3 is 0 Å². The average molecular weight is 482 g/mol. The van der Waals surface area contributed by atoms with Crippen molar-refractivity contribution in [3.05, 3.63) is 69.7 Å². The van der Waals surface area contributed by atoms with Crippen molar-refractivity contribution in [2.45, 2.75) is 18.1 Å². The number of carbonyl (C=O) groups excluding carboxylic acids is 2. The molecule has 1 atom stereocenters. The predicted octanol–water partition coefficient (Wildman–Crippen LogP) is 4.48. The summed E-state index contributed by atoms with van der Waals surface area (Å²) in [5.74, 6) is -0.527. The Hall–Kier alpha value is -2.62. The van der Waals surface area contributed by atoms with Gasteiger partial charge in [-0.25, -0.2) is 4.39 Å². The summed E-state index contributed by atoms with van der Waals surface area (Å²) in [4.78, 5) is 24.6. The molecule has 1 aromatic heterocycles. The molecule has 0 bridgehead atoms. The van der Waals surface area contributed by atoms with Crippen molar-refractivity contribution in [3.8, 4) is 0 Å². The fourth-order valence-electron chi connectivity index (χ4n) is 2.68. The quantitative estimate of drug-likeness (QED) is 0.485. The zero-order valence-corrected chi connectivity index (χ0v) is 18.9. The molecule has 7 nitrogen and oxygen atoms in total. The first-order valence-electron chi connectivity index (χ1n) is 9.08. The van der Waals surface area contributed by atoms with Gasteiger partial charge in [0.05, 0.1) is 16.8 Å². The molecule has 2 amide bonds. The van der Waals surface area contributed by atoms with Crippen molar-refractivity contribution >= 4 is 52.5 Å². The summed E-state index contributed by atoms with van der Waals surface area (Å²) in [6.45, 7) is 1.79. The van der Waals surface area contributed by atoms with E-state index in [1.54, 1.807) is 42.8 Å². The lowest BCUT2D eigenvalue weighted by Crippen LogP contribution is -2.28. The summed E-state index contributed by atoms with van der Waals surface area (Å²) in [6, 6.07) is 10.1. The van der Waals surface area contributed by atoms with Crippen molar-refractivity contribution in [2.75, 3.05) is 11.1 Å². The summed E-state index contributed by atoms with van der Waals surface area (Å²) in [5.41, 5.74) is 0.875. The van der Waals surface area contributed by atoms with Crippen LogP contribution in [-0.2, 0) is 11.8 Å². The first kappa shape index (κ1) is 23.1. The largest absolute Gasteiger partial charge is 0.342 e. The fourth-order valence-corrected chi connectivity index (χ4v) is 3.70. The SMILES string of the molecule is C[C@@H](NC(=O)c1ccc(Cl)cc1)c1nnc(SCC(=O)Nc2ccc(F)c(Cl)c2)n1C. The van der Waals surface area contributed by atoms with E-state index in [1.165, 1.54) is 30.0 Å². The Balaban J connectivity index is 1.57. The van der Waals surface area contributed by atoms with E-state index in [-0.39, 0.29) is 22.6 Å². The van der Waals surface area contributed by atoms with Crippen LogP contribution in [0.2, 0.25) is 10.0 Å². The number of amides is 2. The van der Waals surface area contributed by atoms with Gasteiger partial charge in [-0.3, -0.25) is 9.59 Å². The minimum atomic E-state index is -0.557. The Morgan fingerprint density at radius 1 is 1.16 bits per heavy atom. The van der Waals surface area contributed by atoms with Crippen LogP contribution in [0.1, 0.15) is 29.1 Å². The standard InChI is InChI=1S/C20H18Cl2FN5O2S/c1-11(24-19(30)12-3-5-13(21)6-4-12)18-26-27-20(28(18)2)31-10-17(29)25-14-7-8-16(23)15(22)9-14/h3-9,11H,10H2,1-2H3,(H,24,30)(H,25,29)/t11-/m1/s1. The molecular formula is C20H18Cl2FN5O2S. The fraction of sp³-hybridized carbons (Fsp3) is 0.200. The van der Waals surface area contributed by atoms with Crippen molar-refractivity contribution in [3.63, 3.8) is 0 Å². The van der Waals surface area contributed by atoms with Crippen LogP contribution < -0.4 is 10.6 Å². The van der Waals surface area contributed by atoms with Gasteiger partial charge < -0.3 is 15.2 Å². The van der Waals surface area contributed by atoms with Crippen LogP contribution in [0.5, 0.6) is 0 Å². The summed E-state index contributed by atoms with van der Waals surface area (Å²) < 4.78 is 14.9. The van der Waals surface area contributed by atoms with Crippen molar-refractivity contribution in [1.29, 1.82) is 0 Å². The number of rotatable bonds is 7. The second-order valence-corrected chi connectivity index (χ2v) is 8.35. The van der Waals surface area contributed by atoms with Crippen molar-refractivity contribution in [1.82, 2.24) is 20.1 Å². The number of benzene rings is 2. The van der Waals surface area contributed by atoms with Crippen LogP contribution >= 0.6 is 35.0 Å². The number of thioether (sulfide) groups is 1. The molecule has 0 aliphatic heterocycles. The summed E-state index contributed by atoms with van der Waals surface area (Å²) in [7, 11) is 1.75. The van der Waals surface area contributed by atoms with Crippen LogP contribution in [-0.4, -0.2) is 32.3 Å². The van der Waals surface area contributed by atoms with E-state index >= 15 is 0 Å². The lowest BCUT2D eigenvalue weighted by Gasteiger charge is -2.13. The zero-order chi connectivity index (χ0) is 22.5. The molecule has 0 aliphatic rings. The molecule has 0 saturated carbocycles. The number of halogens is 3. The molecule has 0 aliphatic carbocycles. The van der Waals surface area contributed by atoms with Gasteiger partial charge in [0.1, 0.15) is 5.82 Å². The molecule has 0 saturated heterocycles. The maximum atomic E-state index is 13.2. The molecule has 162 valence electrons. The Bertz CT molecular complexity index is 1110. The maximum Gasteiger partial charge on any atom is 0.251 e. The van der Waals surface area contributed by atoms with E-state index < -0.39 is 11.9 Å². The highest BCUT2D eigenvalue weighted by molar-refractivity contribution is 7.99. The number of hydrogen-bond donors (Lipinski definition) is 2. The molecule has 11 heteroatoms. The smallest absolute Gasteiger partial charge is 0.251 e. The first-order chi connectivity index (χ1) is 14.7. The number of anilines is 1. The average Bonchev–Trinajstić information content (AvgIpc) is 3.10. The minimum Gasteiger partial charge on any atom is -0.342 e. The molecule has 3 aromatic rings. The summed E-state index contributed by atoms with van der Waals surface area (Å²) in [6.07, 6.45) is 0. The van der Waals surface area contributed by atoms with Crippen LogP contribution in [0.4, 0.5) is 10.1 Å². The zero-order valence-electron chi connectivity index (χ0n) is 16.5. The van der Waals surface area contributed by atoms with Crippen LogP contribution in [0, 0.1) is 5.82 Å². The molecule has 0 spiro atoms. The van der Waals surface area contributed by atoms with E-state index in [2.05, 4.69) is 20.8 Å². The van der Waals surface area contributed by atoms with Gasteiger partial charge in [-0.2, -0.15) is 0 Å². The molecule has 3 rings (SSSR count). The van der Waals surface area contributed by atoms with Crippen LogP contribution in [0.15, 0.2) is 47.6 Å². The van der Waals surface area contributed by atoms with Crippen molar-refractivity contribution < 1.29 is 14.0 Å². The van der Waals surface area contributed by atoms with E-state index in [9.17, 15) is 14.0 Å². The normalized spacial score (nSPS) is 11.8. The van der Waals surface area contributed by atoms with Gasteiger partial charge in [-0.05, 0) is 49.4 Å². The Morgan fingerprint density at radius 3 is 2.55 bits per heavy atom. The predicted molar refractivity (Wildman–Crippen MR) is 119 cm³/mol. The van der Waals surface area contributed by atoms with Crippen molar-refractivity contribution in [2.24, 2.45) is 7.05 Å². The molecule has 0 radical (unpaired) electrons. The molecule has 31 heavy (non-hydrogen) atoms. The van der Waals surface area contributed by atoms with E-state index in [4.69, 9.17) is 23.2 Å². The van der Waals surface area contributed by atoms with Gasteiger partial charge in [0.25, 0.3) is 5.91 Å². The molecule has 2 aromatic carbocycles. The van der Waals surface area contributed by atoms with Crippen LogP contribution in [0.3, 0.4) is 0 Å². The van der Waals surface area contributed by atoms with Crippen LogP contribution in [0.25, 0.3) is 0 Å². The highest BCUT2D eigenvalue weighted by Gasteiger charge is 2.19. The topological polar surface area (TPSA) is 88.9 Å². The summed E-state index contributed by atoms with van der Waals surface area (Å²) in [5, 5.41) is 14.7. The van der Waals surface area contributed by atoms with Gasteiger partial charge in [0.2, 0.25) is 5.91 Å². The lowest BCUT2D eigenvalue weighted by atomic mass is 10.2. The number of aromatic nitrogens is 3. The highest BCUT2D eigenvalue weighted by atomic mass is 35.5. The number of nitrogens with zero attached hydrogens (tertiary/aromatic N) is 3. The molecular weight excluding hydrogens is 464 g/mol. The molecule has 0 fully saturated rings. The number of carbonyl (C=O) groups is 2. The number of nitrogens with one attached hydrogen (secondary N) is 2. The molecule has 1 heterocycles.